The van der Waals surface area contributed by atoms with E-state index in [2.05, 4.69) is 5.32 Å². The Bertz CT molecular complexity index is 335. The molecule has 2 nitrogen and oxygen atoms in total. The average Bonchev–Trinajstić information content (AvgIpc) is 2.32. The predicted octanol–water partition coefficient (Wildman–Crippen LogP) is 3.20. The molecule has 0 atom stereocenters. The van der Waals surface area contributed by atoms with Gasteiger partial charge in [0.05, 0.1) is 10.0 Å². The third kappa shape index (κ3) is 2.36. The Morgan fingerprint density at radius 2 is 2.15 bits per heavy atom. The molecule has 1 N–H and O–H groups in total. The van der Waals surface area contributed by atoms with Gasteiger partial charge in [-0.25, -0.2) is 0 Å². The molecule has 0 saturated carbocycles. The van der Waals surface area contributed by atoms with Gasteiger partial charge in [-0.2, -0.15) is 0 Å². The lowest BCUT2D eigenvalue weighted by Gasteiger charge is -2.02. The van der Waals surface area contributed by atoms with E-state index in [0.29, 0.717) is 4.34 Å². The van der Waals surface area contributed by atoms with Crippen molar-refractivity contribution in [3.8, 4) is 0 Å². The Labute approximate surface area is 90.8 Å². The first-order chi connectivity index (χ1) is 6.06. The number of carbonyl (C=O) groups is 1. The summed E-state index contributed by atoms with van der Waals surface area (Å²) in [7, 11) is 0. The molecule has 0 spiro atoms. The van der Waals surface area contributed by atoms with Gasteiger partial charge in [0, 0.05) is 10.4 Å². The molecule has 1 aromatic rings. The summed E-state index contributed by atoms with van der Waals surface area (Å²) >= 11 is 12.7. The first-order valence-corrected chi connectivity index (χ1v) is 5.40. The highest BCUT2D eigenvalue weighted by Crippen LogP contribution is 2.35. The summed E-state index contributed by atoms with van der Waals surface area (Å²) < 4.78 is 0.711. The summed E-state index contributed by atoms with van der Waals surface area (Å²) in [5, 5.41) is 2.70. The van der Waals surface area contributed by atoms with Gasteiger partial charge < -0.3 is 5.32 Å². The van der Waals surface area contributed by atoms with Gasteiger partial charge in [-0.1, -0.05) is 11.6 Å². The molecule has 0 radical (unpaired) electrons. The number of anilines is 1. The fourth-order valence-corrected chi connectivity index (χ4v) is 2.32. The van der Waals surface area contributed by atoms with Gasteiger partial charge in [0.2, 0.25) is 5.91 Å². The third-order valence-corrected chi connectivity index (χ3v) is 3.40. The van der Waals surface area contributed by atoms with Crippen LogP contribution < -0.4 is 5.32 Å². The van der Waals surface area contributed by atoms with Gasteiger partial charge in [-0.3, -0.25) is 4.79 Å². The Hall–Kier alpha value is -0.250. The van der Waals surface area contributed by atoms with Crippen LogP contribution in [-0.2, 0) is 4.79 Å². The van der Waals surface area contributed by atoms with Crippen LogP contribution in [0.2, 0.25) is 4.34 Å². The zero-order chi connectivity index (χ0) is 10.0. The molecule has 0 bridgehead atoms. The Morgan fingerprint density at radius 3 is 2.54 bits per heavy atom. The fourth-order valence-electron chi connectivity index (χ4n) is 0.979. The number of thiophene rings is 1. The van der Waals surface area contributed by atoms with Crippen molar-refractivity contribution in [1.29, 1.82) is 0 Å². The molecule has 72 valence electrons. The van der Waals surface area contributed by atoms with E-state index in [9.17, 15) is 4.79 Å². The lowest BCUT2D eigenvalue weighted by atomic mass is 10.3. The first kappa shape index (κ1) is 10.8. The maximum absolute atomic E-state index is 11.0. The quantitative estimate of drug-likeness (QED) is 0.787. The number of carbonyl (C=O) groups excluding carboxylic acids is 1. The van der Waals surface area contributed by atoms with Gasteiger partial charge >= 0.3 is 0 Å². The zero-order valence-corrected chi connectivity index (χ0v) is 9.61. The molecule has 0 aliphatic rings. The van der Waals surface area contributed by atoms with Crippen molar-refractivity contribution in [2.45, 2.75) is 13.8 Å². The van der Waals surface area contributed by atoms with E-state index in [4.69, 9.17) is 23.2 Å². The molecule has 0 aromatic carbocycles. The summed E-state index contributed by atoms with van der Waals surface area (Å²) in [5.41, 5.74) is 1.70. The minimum atomic E-state index is -0.206. The Kier molecular flexibility index (Phi) is 3.59. The van der Waals surface area contributed by atoms with Crippen LogP contribution in [0.15, 0.2) is 0 Å². The second-order valence-electron chi connectivity index (χ2n) is 2.61. The molecule has 1 rings (SSSR count). The molecule has 0 saturated heterocycles. The number of aryl methyl sites for hydroxylation is 1. The standard InChI is InChI=1S/C8H9Cl2NOS/c1-4-7(11-6(12)3-9)5(2)13-8(4)10/h3H2,1-2H3,(H,11,12). The molecule has 13 heavy (non-hydrogen) atoms. The Balaban J connectivity index is 2.94. The molecular weight excluding hydrogens is 229 g/mol. The van der Waals surface area contributed by atoms with Crippen molar-refractivity contribution >= 4 is 46.1 Å². The van der Waals surface area contributed by atoms with E-state index < -0.39 is 0 Å². The van der Waals surface area contributed by atoms with Crippen LogP contribution in [0.3, 0.4) is 0 Å². The fraction of sp³-hybridized carbons (Fsp3) is 0.375. The second kappa shape index (κ2) is 4.31. The van der Waals surface area contributed by atoms with Gasteiger partial charge in [0.15, 0.2) is 0 Å². The van der Waals surface area contributed by atoms with E-state index in [0.717, 1.165) is 16.1 Å². The van der Waals surface area contributed by atoms with E-state index in [1.54, 1.807) is 0 Å². The van der Waals surface area contributed by atoms with Gasteiger partial charge in [-0.05, 0) is 13.8 Å². The molecule has 0 aliphatic carbocycles. The molecule has 0 fully saturated rings. The average molecular weight is 238 g/mol. The minimum Gasteiger partial charge on any atom is -0.324 e. The van der Waals surface area contributed by atoms with Gasteiger partial charge in [-0.15, -0.1) is 22.9 Å². The highest BCUT2D eigenvalue weighted by Gasteiger charge is 2.12. The normalized spacial score (nSPS) is 10.2. The van der Waals surface area contributed by atoms with E-state index >= 15 is 0 Å². The topological polar surface area (TPSA) is 29.1 Å². The third-order valence-electron chi connectivity index (χ3n) is 1.65. The van der Waals surface area contributed by atoms with Crippen LogP contribution in [0.5, 0.6) is 0 Å². The highest BCUT2D eigenvalue weighted by atomic mass is 35.5. The Morgan fingerprint density at radius 1 is 1.54 bits per heavy atom. The van der Waals surface area contributed by atoms with Crippen molar-refractivity contribution < 1.29 is 4.79 Å². The van der Waals surface area contributed by atoms with Crippen molar-refractivity contribution in [2.24, 2.45) is 0 Å². The molecular formula is C8H9Cl2NOS. The van der Waals surface area contributed by atoms with Crippen molar-refractivity contribution in [3.63, 3.8) is 0 Å². The molecule has 1 amide bonds. The van der Waals surface area contributed by atoms with Crippen LogP contribution >= 0.6 is 34.5 Å². The van der Waals surface area contributed by atoms with Crippen LogP contribution in [0.25, 0.3) is 0 Å². The number of rotatable bonds is 2. The number of amides is 1. The van der Waals surface area contributed by atoms with Crippen molar-refractivity contribution in [1.82, 2.24) is 0 Å². The molecule has 0 unspecified atom stereocenters. The largest absolute Gasteiger partial charge is 0.324 e. The van der Waals surface area contributed by atoms with Crippen molar-refractivity contribution in [3.05, 3.63) is 14.8 Å². The lowest BCUT2D eigenvalue weighted by molar-refractivity contribution is -0.113. The van der Waals surface area contributed by atoms with E-state index in [1.165, 1.54) is 11.3 Å². The minimum absolute atomic E-state index is 0.0354. The van der Waals surface area contributed by atoms with Crippen molar-refractivity contribution in [2.75, 3.05) is 11.2 Å². The molecule has 5 heteroatoms. The zero-order valence-electron chi connectivity index (χ0n) is 7.28. The first-order valence-electron chi connectivity index (χ1n) is 3.67. The van der Waals surface area contributed by atoms with Crippen LogP contribution in [0.1, 0.15) is 10.4 Å². The maximum atomic E-state index is 11.0. The van der Waals surface area contributed by atoms with Crippen LogP contribution in [0.4, 0.5) is 5.69 Å². The summed E-state index contributed by atoms with van der Waals surface area (Å²) in [6.45, 7) is 3.78. The predicted molar refractivity (Wildman–Crippen MR) is 58.2 cm³/mol. The van der Waals surface area contributed by atoms with E-state index in [1.807, 2.05) is 13.8 Å². The number of hydrogen-bond donors (Lipinski definition) is 1. The maximum Gasteiger partial charge on any atom is 0.239 e. The lowest BCUT2D eigenvalue weighted by Crippen LogP contribution is -2.13. The molecule has 0 aliphatic heterocycles. The molecule has 1 heterocycles. The number of hydrogen-bond acceptors (Lipinski definition) is 2. The number of halogens is 2. The number of alkyl halides is 1. The van der Waals surface area contributed by atoms with Crippen LogP contribution in [-0.4, -0.2) is 11.8 Å². The van der Waals surface area contributed by atoms with Crippen LogP contribution in [0, 0.1) is 13.8 Å². The van der Waals surface area contributed by atoms with E-state index in [-0.39, 0.29) is 11.8 Å². The monoisotopic (exact) mass is 237 g/mol. The smallest absolute Gasteiger partial charge is 0.239 e. The van der Waals surface area contributed by atoms with Gasteiger partial charge in [0.25, 0.3) is 0 Å². The second-order valence-corrected chi connectivity index (χ2v) is 4.71. The highest BCUT2D eigenvalue weighted by molar-refractivity contribution is 7.17. The molecule has 1 aromatic heterocycles. The summed E-state index contributed by atoms with van der Waals surface area (Å²) in [6.07, 6.45) is 0. The summed E-state index contributed by atoms with van der Waals surface area (Å²) in [4.78, 5) is 12.0. The summed E-state index contributed by atoms with van der Waals surface area (Å²) in [5.74, 6) is -0.242. The number of nitrogens with one attached hydrogen (secondary N) is 1. The van der Waals surface area contributed by atoms with Gasteiger partial charge in [0.1, 0.15) is 5.88 Å². The SMILES string of the molecule is Cc1sc(Cl)c(C)c1NC(=O)CCl. The summed E-state index contributed by atoms with van der Waals surface area (Å²) in [6, 6.07) is 0.